The van der Waals surface area contributed by atoms with Crippen LogP contribution in [0.4, 0.5) is 0 Å². The van der Waals surface area contributed by atoms with E-state index in [0.29, 0.717) is 13.1 Å². The fourth-order valence-electron chi connectivity index (χ4n) is 1.74. The molecule has 4 nitrogen and oxygen atoms in total. The Balaban J connectivity index is 2.11. The van der Waals surface area contributed by atoms with Crippen molar-refractivity contribution in [3.63, 3.8) is 0 Å². The number of carbonyl (C=O) groups is 1. The van der Waals surface area contributed by atoms with Gasteiger partial charge in [-0.1, -0.05) is 13.8 Å². The van der Waals surface area contributed by atoms with Gasteiger partial charge in [-0.3, -0.25) is 9.69 Å². The number of hydrogen-bond acceptors (Lipinski definition) is 3. The highest BCUT2D eigenvalue weighted by atomic mass is 16.5. The zero-order chi connectivity index (χ0) is 11.1. The summed E-state index contributed by atoms with van der Waals surface area (Å²) >= 11 is 0. The Hall–Kier alpha value is -0.610. The highest BCUT2D eigenvalue weighted by molar-refractivity contribution is 5.78. The first-order valence-electron chi connectivity index (χ1n) is 5.87. The van der Waals surface area contributed by atoms with Crippen molar-refractivity contribution < 1.29 is 9.53 Å². The van der Waals surface area contributed by atoms with Gasteiger partial charge in [-0.25, -0.2) is 0 Å². The number of hydrogen-bond donors (Lipinski definition) is 1. The number of nitrogens with one attached hydrogen (secondary N) is 1. The van der Waals surface area contributed by atoms with Crippen molar-refractivity contribution in [1.29, 1.82) is 0 Å². The third-order valence-corrected chi connectivity index (χ3v) is 2.81. The van der Waals surface area contributed by atoms with Crippen LogP contribution >= 0.6 is 0 Å². The molecule has 0 radical (unpaired) electrons. The molecule has 0 bridgehead atoms. The Morgan fingerprint density at radius 1 is 1.47 bits per heavy atom. The second kappa shape index (κ2) is 6.80. The van der Waals surface area contributed by atoms with Gasteiger partial charge in [-0.15, -0.1) is 0 Å². The second-order valence-electron chi connectivity index (χ2n) is 3.90. The molecule has 1 rings (SSSR count). The molecule has 1 saturated heterocycles. The minimum absolute atomic E-state index is 0.106. The lowest BCUT2D eigenvalue weighted by molar-refractivity contribution is -0.122. The summed E-state index contributed by atoms with van der Waals surface area (Å²) in [4.78, 5) is 13.6. The van der Waals surface area contributed by atoms with Crippen molar-refractivity contribution in [3.05, 3.63) is 0 Å². The molecule has 15 heavy (non-hydrogen) atoms. The molecule has 1 heterocycles. The molecule has 4 heteroatoms. The first-order chi connectivity index (χ1) is 7.26. The van der Waals surface area contributed by atoms with Crippen LogP contribution in [0, 0.1) is 0 Å². The summed E-state index contributed by atoms with van der Waals surface area (Å²) in [6.45, 7) is 7.98. The van der Waals surface area contributed by atoms with Crippen molar-refractivity contribution in [1.82, 2.24) is 10.2 Å². The average molecular weight is 214 g/mol. The van der Waals surface area contributed by atoms with Gasteiger partial charge in [-0.05, 0) is 25.9 Å². The molecule has 0 aromatic heterocycles. The van der Waals surface area contributed by atoms with Gasteiger partial charge in [0, 0.05) is 13.2 Å². The molecule has 1 aliphatic rings. The summed E-state index contributed by atoms with van der Waals surface area (Å²) in [6, 6.07) is 0. The summed E-state index contributed by atoms with van der Waals surface area (Å²) in [6.07, 6.45) is 2.44. The summed E-state index contributed by atoms with van der Waals surface area (Å²) in [5.74, 6) is 0.106. The van der Waals surface area contributed by atoms with Crippen LogP contribution in [0.5, 0.6) is 0 Å². The molecule has 1 unspecified atom stereocenters. The fraction of sp³-hybridized carbons (Fsp3) is 0.909. The van der Waals surface area contributed by atoms with Gasteiger partial charge in [0.1, 0.15) is 0 Å². The molecule has 1 atom stereocenters. The van der Waals surface area contributed by atoms with E-state index in [1.165, 1.54) is 0 Å². The third kappa shape index (κ3) is 4.62. The van der Waals surface area contributed by atoms with Crippen LogP contribution < -0.4 is 5.32 Å². The number of amides is 1. The van der Waals surface area contributed by atoms with Crippen LogP contribution in [-0.4, -0.2) is 49.7 Å². The highest BCUT2D eigenvalue weighted by Crippen LogP contribution is 2.10. The molecule has 0 aromatic carbocycles. The second-order valence-corrected chi connectivity index (χ2v) is 3.90. The normalized spacial score (nSPS) is 20.9. The smallest absolute Gasteiger partial charge is 0.234 e. The van der Waals surface area contributed by atoms with Crippen molar-refractivity contribution in [3.8, 4) is 0 Å². The summed E-state index contributed by atoms with van der Waals surface area (Å²) < 4.78 is 5.43. The molecule has 1 amide bonds. The largest absolute Gasteiger partial charge is 0.376 e. The van der Waals surface area contributed by atoms with Crippen molar-refractivity contribution in [2.75, 3.05) is 32.8 Å². The monoisotopic (exact) mass is 214 g/mol. The van der Waals surface area contributed by atoms with Crippen LogP contribution in [0.3, 0.4) is 0 Å². The van der Waals surface area contributed by atoms with Gasteiger partial charge in [-0.2, -0.15) is 0 Å². The number of rotatable bonds is 6. The lowest BCUT2D eigenvalue weighted by Gasteiger charge is -2.18. The Kier molecular flexibility index (Phi) is 5.65. The maximum absolute atomic E-state index is 11.5. The molecule has 1 aliphatic heterocycles. The van der Waals surface area contributed by atoms with Crippen LogP contribution in [-0.2, 0) is 9.53 Å². The molecule has 1 fully saturated rings. The van der Waals surface area contributed by atoms with E-state index < -0.39 is 0 Å². The number of nitrogens with zero attached hydrogens (tertiary/aromatic N) is 1. The van der Waals surface area contributed by atoms with Gasteiger partial charge < -0.3 is 10.1 Å². The number of carbonyl (C=O) groups excluding carboxylic acids is 1. The molecule has 88 valence electrons. The summed E-state index contributed by atoms with van der Waals surface area (Å²) in [5, 5.41) is 2.92. The predicted molar refractivity (Wildman–Crippen MR) is 59.8 cm³/mol. The van der Waals surface area contributed by atoms with Crippen LogP contribution in [0.2, 0.25) is 0 Å². The van der Waals surface area contributed by atoms with Crippen molar-refractivity contribution in [2.24, 2.45) is 0 Å². The lowest BCUT2D eigenvalue weighted by atomic mass is 10.2. The highest BCUT2D eigenvalue weighted by Gasteiger charge is 2.16. The standard InChI is InChI=1S/C11H22N2O2/c1-3-13(4-2)9-11(14)12-8-10-6-5-7-15-10/h10H,3-9H2,1-2H3,(H,12,14). The quantitative estimate of drug-likeness (QED) is 0.705. The minimum Gasteiger partial charge on any atom is -0.376 e. The lowest BCUT2D eigenvalue weighted by Crippen LogP contribution is -2.40. The molecular formula is C11H22N2O2. The topological polar surface area (TPSA) is 41.6 Å². The Morgan fingerprint density at radius 2 is 2.20 bits per heavy atom. The van der Waals surface area contributed by atoms with E-state index in [9.17, 15) is 4.79 Å². The molecule has 0 saturated carbocycles. The Bertz CT molecular complexity index is 187. The van der Waals surface area contributed by atoms with E-state index in [0.717, 1.165) is 32.5 Å². The van der Waals surface area contributed by atoms with Gasteiger partial charge in [0.05, 0.1) is 12.6 Å². The van der Waals surface area contributed by atoms with E-state index in [1.807, 2.05) is 0 Å². The van der Waals surface area contributed by atoms with Crippen LogP contribution in [0.15, 0.2) is 0 Å². The molecular weight excluding hydrogens is 192 g/mol. The van der Waals surface area contributed by atoms with E-state index in [-0.39, 0.29) is 12.0 Å². The summed E-state index contributed by atoms with van der Waals surface area (Å²) in [7, 11) is 0. The first-order valence-corrected chi connectivity index (χ1v) is 5.87. The Labute approximate surface area is 92.0 Å². The van der Waals surface area contributed by atoms with Crippen LogP contribution in [0.1, 0.15) is 26.7 Å². The molecule has 0 aromatic rings. The number of likely N-dealkylation sites (N-methyl/N-ethyl adjacent to an activating group) is 1. The molecule has 0 aliphatic carbocycles. The van der Waals surface area contributed by atoms with E-state index in [4.69, 9.17) is 4.74 Å². The number of ether oxygens (including phenoxy) is 1. The van der Waals surface area contributed by atoms with Crippen molar-refractivity contribution in [2.45, 2.75) is 32.8 Å². The summed E-state index contributed by atoms with van der Waals surface area (Å²) in [5.41, 5.74) is 0. The minimum atomic E-state index is 0.106. The van der Waals surface area contributed by atoms with Gasteiger partial charge in [0.2, 0.25) is 5.91 Å². The molecule has 1 N–H and O–H groups in total. The fourth-order valence-corrected chi connectivity index (χ4v) is 1.74. The van der Waals surface area contributed by atoms with Gasteiger partial charge >= 0.3 is 0 Å². The van der Waals surface area contributed by atoms with Crippen molar-refractivity contribution >= 4 is 5.91 Å². The molecule has 0 spiro atoms. The maximum atomic E-state index is 11.5. The average Bonchev–Trinajstić information content (AvgIpc) is 2.75. The predicted octanol–water partition coefficient (Wildman–Crippen LogP) is 0.623. The van der Waals surface area contributed by atoms with E-state index in [1.54, 1.807) is 0 Å². The van der Waals surface area contributed by atoms with Gasteiger partial charge in [0.15, 0.2) is 0 Å². The third-order valence-electron chi connectivity index (χ3n) is 2.81. The van der Waals surface area contributed by atoms with E-state index >= 15 is 0 Å². The zero-order valence-electron chi connectivity index (χ0n) is 9.79. The van der Waals surface area contributed by atoms with E-state index in [2.05, 4.69) is 24.1 Å². The van der Waals surface area contributed by atoms with Crippen LogP contribution in [0.25, 0.3) is 0 Å². The Morgan fingerprint density at radius 3 is 2.73 bits per heavy atom. The maximum Gasteiger partial charge on any atom is 0.234 e. The SMILES string of the molecule is CCN(CC)CC(=O)NCC1CCCO1. The first kappa shape index (κ1) is 12.5. The van der Waals surface area contributed by atoms with Gasteiger partial charge in [0.25, 0.3) is 0 Å². The zero-order valence-corrected chi connectivity index (χ0v) is 9.79.